The van der Waals surface area contributed by atoms with Gasteiger partial charge in [-0.25, -0.2) is 9.98 Å². The molecule has 1 aliphatic heterocycles. The van der Waals surface area contributed by atoms with Gasteiger partial charge >= 0.3 is 0 Å². The van der Waals surface area contributed by atoms with Crippen molar-refractivity contribution in [2.24, 2.45) is 4.99 Å². The topological polar surface area (TPSA) is 58.5 Å². The molecular weight excluding hydrogens is 320 g/mol. The Balaban J connectivity index is 1.49. The molecule has 5 nitrogen and oxygen atoms in total. The Morgan fingerprint density at radius 1 is 1.38 bits per heavy atom. The highest BCUT2D eigenvalue weighted by Gasteiger charge is 2.21. The Bertz CT molecular complexity index is 673. The van der Waals surface area contributed by atoms with Crippen molar-refractivity contribution in [2.45, 2.75) is 32.8 Å². The molecule has 6 heteroatoms. The summed E-state index contributed by atoms with van der Waals surface area (Å²) in [6.07, 6.45) is 3.89. The summed E-state index contributed by atoms with van der Waals surface area (Å²) < 4.78 is 5.94. The maximum atomic E-state index is 5.94. The van der Waals surface area contributed by atoms with Gasteiger partial charge in [-0.2, -0.15) is 0 Å². The summed E-state index contributed by atoms with van der Waals surface area (Å²) in [6.45, 7) is 6.47. The lowest BCUT2D eigenvalue weighted by atomic mass is 10.1. The second-order valence-corrected chi connectivity index (χ2v) is 7.13. The number of hydrogen-bond donors (Lipinski definition) is 2. The first-order valence-electron chi connectivity index (χ1n) is 8.42. The Kier molecular flexibility index (Phi) is 5.69. The van der Waals surface area contributed by atoms with E-state index in [-0.39, 0.29) is 6.10 Å². The van der Waals surface area contributed by atoms with Crippen LogP contribution < -0.4 is 15.4 Å². The third kappa shape index (κ3) is 4.47. The number of ether oxygens (including phenoxy) is 1. The summed E-state index contributed by atoms with van der Waals surface area (Å²) in [4.78, 5) is 10.3. The van der Waals surface area contributed by atoms with Crippen LogP contribution in [0, 0.1) is 6.92 Å². The molecule has 0 radical (unpaired) electrons. The maximum absolute atomic E-state index is 5.94. The summed E-state index contributed by atoms with van der Waals surface area (Å²) in [7, 11) is 0. The van der Waals surface area contributed by atoms with Crippen LogP contribution in [0.1, 0.15) is 22.4 Å². The largest absolute Gasteiger partial charge is 0.488 e. The van der Waals surface area contributed by atoms with E-state index in [9.17, 15) is 0 Å². The third-order valence-corrected chi connectivity index (χ3v) is 4.78. The van der Waals surface area contributed by atoms with Crippen LogP contribution in [0.25, 0.3) is 0 Å². The first-order valence-corrected chi connectivity index (χ1v) is 9.24. The van der Waals surface area contributed by atoms with Gasteiger partial charge in [-0.3, -0.25) is 0 Å². The molecule has 0 bridgehead atoms. The molecule has 0 saturated heterocycles. The highest BCUT2D eigenvalue weighted by Crippen LogP contribution is 2.28. The van der Waals surface area contributed by atoms with E-state index in [0.29, 0.717) is 6.54 Å². The zero-order chi connectivity index (χ0) is 16.8. The van der Waals surface area contributed by atoms with Gasteiger partial charge in [0.15, 0.2) is 5.96 Å². The molecule has 0 saturated carbocycles. The minimum absolute atomic E-state index is 0.125. The molecule has 2 aromatic rings. The minimum atomic E-state index is 0.125. The predicted octanol–water partition coefficient (Wildman–Crippen LogP) is 2.55. The van der Waals surface area contributed by atoms with Gasteiger partial charge in [0.25, 0.3) is 0 Å². The van der Waals surface area contributed by atoms with Crippen LogP contribution in [-0.4, -0.2) is 36.7 Å². The zero-order valence-corrected chi connectivity index (χ0v) is 15.0. The molecular formula is C18H24N4OS. The third-order valence-electron chi connectivity index (χ3n) is 3.81. The number of rotatable bonds is 6. The number of benzene rings is 1. The molecule has 0 fully saturated rings. The molecule has 3 rings (SSSR count). The summed E-state index contributed by atoms with van der Waals surface area (Å²) in [5, 5.41) is 7.82. The number of fused-ring (bicyclic) bond motifs is 1. The highest BCUT2D eigenvalue weighted by molar-refractivity contribution is 7.11. The van der Waals surface area contributed by atoms with E-state index in [4.69, 9.17) is 4.74 Å². The van der Waals surface area contributed by atoms with E-state index in [2.05, 4.69) is 46.6 Å². The summed E-state index contributed by atoms with van der Waals surface area (Å²) in [5.74, 6) is 1.83. The van der Waals surface area contributed by atoms with E-state index in [1.165, 1.54) is 10.4 Å². The monoisotopic (exact) mass is 344 g/mol. The standard InChI is InChI=1S/C18H24N4OS/c1-3-19-18(20-9-8-17-21-11-13(2)24-17)22-12-15-10-14-6-4-5-7-16(14)23-15/h4-7,11,15H,3,8-10,12H2,1-2H3,(H2,19,20,22). The van der Waals surface area contributed by atoms with Gasteiger partial charge in [-0.15, -0.1) is 11.3 Å². The minimum Gasteiger partial charge on any atom is -0.488 e. The predicted molar refractivity (Wildman–Crippen MR) is 99.1 cm³/mol. The SMILES string of the molecule is CCNC(=NCC1Cc2ccccc2O1)NCCc1ncc(C)s1. The van der Waals surface area contributed by atoms with E-state index in [1.807, 2.05) is 18.3 Å². The molecule has 1 unspecified atom stereocenters. The summed E-state index contributed by atoms with van der Waals surface area (Å²) in [5.41, 5.74) is 1.27. The number of aliphatic imine (C=N–C) groups is 1. The average molecular weight is 344 g/mol. The second kappa shape index (κ2) is 8.15. The molecule has 24 heavy (non-hydrogen) atoms. The van der Waals surface area contributed by atoms with Crippen LogP contribution in [0.3, 0.4) is 0 Å². The normalized spacial score (nSPS) is 16.6. The van der Waals surface area contributed by atoms with Crippen molar-refractivity contribution in [1.82, 2.24) is 15.6 Å². The highest BCUT2D eigenvalue weighted by atomic mass is 32.1. The molecule has 128 valence electrons. The Hall–Kier alpha value is -2.08. The average Bonchev–Trinajstić information content (AvgIpc) is 3.18. The molecule has 1 aromatic heterocycles. The number of thiazole rings is 1. The smallest absolute Gasteiger partial charge is 0.191 e. The lowest BCUT2D eigenvalue weighted by Crippen LogP contribution is -2.39. The molecule has 1 atom stereocenters. The van der Waals surface area contributed by atoms with Crippen LogP contribution in [-0.2, 0) is 12.8 Å². The van der Waals surface area contributed by atoms with Gasteiger partial charge in [0.1, 0.15) is 11.9 Å². The molecule has 2 N–H and O–H groups in total. The second-order valence-electron chi connectivity index (χ2n) is 5.81. The van der Waals surface area contributed by atoms with E-state index >= 15 is 0 Å². The number of nitrogens with one attached hydrogen (secondary N) is 2. The van der Waals surface area contributed by atoms with Crippen molar-refractivity contribution in [3.63, 3.8) is 0 Å². The maximum Gasteiger partial charge on any atom is 0.191 e. The van der Waals surface area contributed by atoms with Crippen LogP contribution in [0.2, 0.25) is 0 Å². The number of guanidine groups is 1. The van der Waals surface area contributed by atoms with Crippen molar-refractivity contribution in [2.75, 3.05) is 19.6 Å². The number of aromatic nitrogens is 1. The molecule has 0 amide bonds. The zero-order valence-electron chi connectivity index (χ0n) is 14.2. The van der Waals surface area contributed by atoms with Crippen molar-refractivity contribution >= 4 is 17.3 Å². The van der Waals surface area contributed by atoms with Gasteiger partial charge in [-0.1, -0.05) is 18.2 Å². The van der Waals surface area contributed by atoms with E-state index < -0.39 is 0 Å². The summed E-state index contributed by atoms with van der Waals surface area (Å²) >= 11 is 1.75. The summed E-state index contributed by atoms with van der Waals surface area (Å²) in [6, 6.07) is 8.22. The Labute approximate surface area is 147 Å². The Morgan fingerprint density at radius 2 is 2.25 bits per heavy atom. The van der Waals surface area contributed by atoms with Crippen LogP contribution in [0.15, 0.2) is 35.5 Å². The van der Waals surface area contributed by atoms with Gasteiger partial charge in [-0.05, 0) is 25.5 Å². The molecule has 1 aromatic carbocycles. The van der Waals surface area contributed by atoms with Crippen molar-refractivity contribution in [1.29, 1.82) is 0 Å². The van der Waals surface area contributed by atoms with E-state index in [1.54, 1.807) is 11.3 Å². The molecule has 0 aliphatic carbocycles. The number of hydrogen-bond acceptors (Lipinski definition) is 4. The van der Waals surface area contributed by atoms with Crippen molar-refractivity contribution < 1.29 is 4.74 Å². The van der Waals surface area contributed by atoms with Gasteiger partial charge in [0, 0.05) is 37.0 Å². The van der Waals surface area contributed by atoms with Gasteiger partial charge in [0.2, 0.25) is 0 Å². The van der Waals surface area contributed by atoms with Gasteiger partial charge in [0.05, 0.1) is 11.6 Å². The molecule has 0 spiro atoms. The van der Waals surface area contributed by atoms with E-state index in [0.717, 1.165) is 42.6 Å². The lowest BCUT2D eigenvalue weighted by molar-refractivity contribution is 0.241. The van der Waals surface area contributed by atoms with Crippen LogP contribution in [0.5, 0.6) is 5.75 Å². The lowest BCUT2D eigenvalue weighted by Gasteiger charge is -2.13. The fourth-order valence-electron chi connectivity index (χ4n) is 2.70. The van der Waals surface area contributed by atoms with Gasteiger partial charge < -0.3 is 15.4 Å². The number of para-hydroxylation sites is 1. The van der Waals surface area contributed by atoms with Crippen molar-refractivity contribution in [3.05, 3.63) is 45.9 Å². The quantitative estimate of drug-likeness (QED) is 0.625. The molecule has 1 aliphatic rings. The Morgan fingerprint density at radius 3 is 3.00 bits per heavy atom. The number of nitrogens with zero attached hydrogens (tertiary/aromatic N) is 2. The first kappa shape index (κ1) is 16.8. The van der Waals surface area contributed by atoms with Crippen LogP contribution in [0.4, 0.5) is 0 Å². The fourth-order valence-corrected chi connectivity index (χ4v) is 3.48. The molecule has 2 heterocycles. The fraction of sp³-hybridized carbons (Fsp3) is 0.444. The van der Waals surface area contributed by atoms with Crippen molar-refractivity contribution in [3.8, 4) is 5.75 Å². The van der Waals surface area contributed by atoms with Crippen LogP contribution >= 0.6 is 11.3 Å². The number of aryl methyl sites for hydroxylation is 1. The first-order chi connectivity index (χ1) is 11.7.